The molecule has 0 saturated heterocycles. The lowest BCUT2D eigenvalue weighted by Crippen LogP contribution is -2.15. The van der Waals surface area contributed by atoms with Crippen LogP contribution in [-0.4, -0.2) is 31.4 Å². The molecule has 0 spiro atoms. The number of nitrogens with zero attached hydrogens (tertiary/aromatic N) is 4. The molecule has 0 aliphatic heterocycles. The van der Waals surface area contributed by atoms with Gasteiger partial charge in [-0.3, -0.25) is 9.36 Å². The Labute approximate surface area is 185 Å². The molecular weight excluding hydrogens is 478 g/mol. The number of allylic oxidation sites excluding steroid dienone is 1. The van der Waals surface area contributed by atoms with Gasteiger partial charge < -0.3 is 10.1 Å². The van der Waals surface area contributed by atoms with Crippen molar-refractivity contribution in [3.05, 3.63) is 70.7 Å². The van der Waals surface area contributed by atoms with E-state index < -0.39 is 0 Å². The second-order valence-corrected chi connectivity index (χ2v) is 7.94. The van der Waals surface area contributed by atoms with E-state index in [0.29, 0.717) is 23.2 Å². The normalized spacial score (nSPS) is 10.6. The largest absolute Gasteiger partial charge is 0.486 e. The van der Waals surface area contributed by atoms with Gasteiger partial charge in [0.2, 0.25) is 5.91 Å². The molecule has 2 heterocycles. The molecule has 150 valence electrons. The lowest BCUT2D eigenvalue weighted by Gasteiger charge is -2.09. The van der Waals surface area contributed by atoms with E-state index in [0.717, 1.165) is 10.2 Å². The summed E-state index contributed by atoms with van der Waals surface area (Å²) in [6.45, 7) is 4.53. The van der Waals surface area contributed by atoms with Crippen LogP contribution in [0.2, 0.25) is 5.15 Å². The Bertz CT molecular complexity index is 997. The van der Waals surface area contributed by atoms with Crippen LogP contribution in [0.4, 0.5) is 5.69 Å². The Hall–Kier alpha value is -2.36. The maximum absolute atomic E-state index is 12.2. The number of benzene rings is 1. The number of hydrogen-bond donors (Lipinski definition) is 1. The minimum Gasteiger partial charge on any atom is -0.486 e. The van der Waals surface area contributed by atoms with E-state index in [9.17, 15) is 4.79 Å². The molecule has 7 nitrogen and oxygen atoms in total. The van der Waals surface area contributed by atoms with Gasteiger partial charge in [0.25, 0.3) is 0 Å². The molecule has 1 aromatic carbocycles. The summed E-state index contributed by atoms with van der Waals surface area (Å²) in [5.74, 6) is 1.30. The number of halogens is 2. The summed E-state index contributed by atoms with van der Waals surface area (Å²) in [6, 6.07) is 10.9. The number of thioether (sulfide) groups is 1. The number of amides is 1. The van der Waals surface area contributed by atoms with Crippen molar-refractivity contribution in [1.29, 1.82) is 0 Å². The van der Waals surface area contributed by atoms with Crippen LogP contribution in [0.5, 0.6) is 5.75 Å². The van der Waals surface area contributed by atoms with Crippen molar-refractivity contribution in [3.63, 3.8) is 0 Å². The van der Waals surface area contributed by atoms with E-state index in [1.807, 2.05) is 28.8 Å². The van der Waals surface area contributed by atoms with Crippen LogP contribution in [0.15, 0.2) is 64.9 Å². The molecule has 0 aliphatic carbocycles. The number of carbonyl (C=O) groups is 1. The van der Waals surface area contributed by atoms with Crippen LogP contribution in [0, 0.1) is 0 Å². The second kappa shape index (κ2) is 10.4. The first kappa shape index (κ1) is 21.4. The molecule has 1 amide bonds. The Morgan fingerprint density at radius 1 is 1.31 bits per heavy atom. The van der Waals surface area contributed by atoms with Crippen LogP contribution in [0.3, 0.4) is 0 Å². The van der Waals surface area contributed by atoms with Crippen molar-refractivity contribution in [2.45, 2.75) is 18.3 Å². The van der Waals surface area contributed by atoms with Gasteiger partial charge in [-0.25, -0.2) is 4.98 Å². The highest BCUT2D eigenvalue weighted by atomic mass is 79.9. The van der Waals surface area contributed by atoms with E-state index in [1.165, 1.54) is 11.8 Å². The zero-order chi connectivity index (χ0) is 20.6. The van der Waals surface area contributed by atoms with Crippen molar-refractivity contribution in [1.82, 2.24) is 19.7 Å². The fourth-order valence-electron chi connectivity index (χ4n) is 2.32. The number of carbonyl (C=O) groups excluding carboxylic acids is 1. The van der Waals surface area contributed by atoms with Gasteiger partial charge in [-0.1, -0.05) is 45.4 Å². The van der Waals surface area contributed by atoms with E-state index >= 15 is 0 Å². The van der Waals surface area contributed by atoms with E-state index in [2.05, 4.69) is 43.0 Å². The summed E-state index contributed by atoms with van der Waals surface area (Å²) in [7, 11) is 0. The maximum atomic E-state index is 12.2. The smallest absolute Gasteiger partial charge is 0.234 e. The minimum absolute atomic E-state index is 0.147. The van der Waals surface area contributed by atoms with Crippen molar-refractivity contribution in [3.8, 4) is 5.75 Å². The van der Waals surface area contributed by atoms with Gasteiger partial charge in [0.05, 0.1) is 11.4 Å². The third kappa shape index (κ3) is 6.06. The van der Waals surface area contributed by atoms with E-state index in [4.69, 9.17) is 16.3 Å². The van der Waals surface area contributed by atoms with Crippen LogP contribution < -0.4 is 10.1 Å². The summed E-state index contributed by atoms with van der Waals surface area (Å²) in [5.41, 5.74) is 0.468. The number of nitrogens with one attached hydrogen (secondary N) is 1. The summed E-state index contributed by atoms with van der Waals surface area (Å²) in [5, 5.41) is 11.9. The van der Waals surface area contributed by atoms with Gasteiger partial charge in [-0.15, -0.1) is 16.8 Å². The van der Waals surface area contributed by atoms with Crippen LogP contribution in [0.25, 0.3) is 0 Å². The number of hydrogen-bond acceptors (Lipinski definition) is 6. The molecule has 0 atom stereocenters. The lowest BCUT2D eigenvalue weighted by molar-refractivity contribution is -0.113. The Kier molecular flexibility index (Phi) is 7.68. The molecule has 2 aromatic heterocycles. The molecule has 29 heavy (non-hydrogen) atoms. The fourth-order valence-corrected chi connectivity index (χ4v) is 3.52. The molecule has 0 aliphatic rings. The van der Waals surface area contributed by atoms with Crippen LogP contribution in [0.1, 0.15) is 5.82 Å². The van der Waals surface area contributed by atoms with Crippen LogP contribution >= 0.6 is 39.3 Å². The first-order valence-corrected chi connectivity index (χ1v) is 10.7. The number of ether oxygens (including phenoxy) is 1. The van der Waals surface area contributed by atoms with Gasteiger partial charge in [-0.05, 0) is 36.4 Å². The Morgan fingerprint density at radius 3 is 2.83 bits per heavy atom. The highest BCUT2D eigenvalue weighted by Crippen LogP contribution is 2.22. The average Bonchev–Trinajstić information content (AvgIpc) is 3.10. The molecule has 0 saturated carbocycles. The van der Waals surface area contributed by atoms with Gasteiger partial charge in [0, 0.05) is 17.2 Å². The van der Waals surface area contributed by atoms with E-state index in [1.54, 1.807) is 24.4 Å². The first-order chi connectivity index (χ1) is 14.1. The monoisotopic (exact) mass is 493 g/mol. The highest BCUT2D eigenvalue weighted by Gasteiger charge is 2.15. The third-order valence-corrected chi connectivity index (χ3v) is 5.45. The minimum atomic E-state index is -0.217. The Balaban J connectivity index is 1.61. The first-order valence-electron chi connectivity index (χ1n) is 8.51. The Morgan fingerprint density at radius 2 is 2.10 bits per heavy atom. The summed E-state index contributed by atoms with van der Waals surface area (Å²) in [4.78, 5) is 16.2. The fraction of sp³-hybridized carbons (Fsp3) is 0.158. The van der Waals surface area contributed by atoms with E-state index in [-0.39, 0.29) is 23.4 Å². The predicted molar refractivity (Wildman–Crippen MR) is 117 cm³/mol. The number of anilines is 1. The molecule has 0 fully saturated rings. The maximum Gasteiger partial charge on any atom is 0.234 e. The summed E-state index contributed by atoms with van der Waals surface area (Å²) in [6.07, 6.45) is 3.30. The van der Waals surface area contributed by atoms with Gasteiger partial charge in [0.1, 0.15) is 12.4 Å². The summed E-state index contributed by atoms with van der Waals surface area (Å²) >= 11 is 10.6. The molecule has 0 radical (unpaired) electrons. The second-order valence-electron chi connectivity index (χ2n) is 5.72. The lowest BCUT2D eigenvalue weighted by atomic mass is 10.3. The highest BCUT2D eigenvalue weighted by molar-refractivity contribution is 9.10. The average molecular weight is 495 g/mol. The molecule has 3 rings (SSSR count). The summed E-state index contributed by atoms with van der Waals surface area (Å²) < 4.78 is 8.61. The molecule has 10 heteroatoms. The van der Waals surface area contributed by atoms with Crippen LogP contribution in [-0.2, 0) is 17.9 Å². The predicted octanol–water partition coefficient (Wildman–Crippen LogP) is 4.58. The third-order valence-electron chi connectivity index (χ3n) is 3.65. The SMILES string of the molecule is C=CCn1c(COc2ccc(Br)cc2)nnc1SCC(=O)Nc1cccnc1Cl. The number of rotatable bonds is 9. The zero-order valence-electron chi connectivity index (χ0n) is 15.2. The van der Waals surface area contributed by atoms with Crippen molar-refractivity contribution in [2.24, 2.45) is 0 Å². The number of pyridine rings is 1. The molecule has 0 bridgehead atoms. The van der Waals surface area contributed by atoms with Crippen molar-refractivity contribution < 1.29 is 9.53 Å². The number of aromatic nitrogens is 4. The zero-order valence-corrected chi connectivity index (χ0v) is 18.4. The molecule has 1 N–H and O–H groups in total. The van der Waals surface area contributed by atoms with Gasteiger partial charge in [0.15, 0.2) is 16.1 Å². The topological polar surface area (TPSA) is 81.9 Å². The van der Waals surface area contributed by atoms with Crippen molar-refractivity contribution in [2.75, 3.05) is 11.1 Å². The quantitative estimate of drug-likeness (QED) is 0.266. The molecular formula is C19H17BrClN5O2S. The molecule has 3 aromatic rings. The van der Waals surface area contributed by atoms with Gasteiger partial charge in [-0.2, -0.15) is 0 Å². The van der Waals surface area contributed by atoms with Crippen molar-refractivity contribution >= 4 is 50.9 Å². The standard InChI is InChI=1S/C19H17BrClN5O2S/c1-2-10-26-16(11-28-14-7-5-13(20)6-8-14)24-25-19(26)29-12-17(27)23-15-4-3-9-22-18(15)21/h2-9H,1,10-12H2,(H,23,27). The van der Waals surface area contributed by atoms with Gasteiger partial charge >= 0.3 is 0 Å². The molecule has 0 unspecified atom stereocenters.